The summed E-state index contributed by atoms with van der Waals surface area (Å²) in [5.74, 6) is -0.558. The summed E-state index contributed by atoms with van der Waals surface area (Å²) in [7, 11) is 1.30. The number of nitrogens with two attached hydrogens (primary N) is 1. The summed E-state index contributed by atoms with van der Waals surface area (Å²) in [5.41, 5.74) is 8.54. The van der Waals surface area contributed by atoms with Gasteiger partial charge in [0.25, 0.3) is 0 Å². The van der Waals surface area contributed by atoms with E-state index in [9.17, 15) is 10.1 Å². The Morgan fingerprint density at radius 1 is 1.28 bits per heavy atom. The van der Waals surface area contributed by atoms with Crippen LogP contribution in [0.15, 0.2) is 30.5 Å². The van der Waals surface area contributed by atoms with Crippen LogP contribution < -0.4 is 5.73 Å². The molecule has 0 atom stereocenters. The number of carbonyl (C=O) groups excluding carboxylic acids is 1. The van der Waals surface area contributed by atoms with Gasteiger partial charge in [0.15, 0.2) is 5.69 Å². The van der Waals surface area contributed by atoms with Crippen LogP contribution in [0.4, 0.5) is 5.69 Å². The van der Waals surface area contributed by atoms with Crippen molar-refractivity contribution in [3.8, 4) is 11.8 Å². The van der Waals surface area contributed by atoms with Crippen LogP contribution >= 0.6 is 0 Å². The highest BCUT2D eigenvalue weighted by atomic mass is 16.5. The minimum absolute atomic E-state index is 0.146. The lowest BCUT2D eigenvalue weighted by Gasteiger charge is -2.14. The maximum atomic E-state index is 12.0. The third kappa shape index (κ3) is 3.52. The van der Waals surface area contributed by atoms with Gasteiger partial charge in [-0.05, 0) is 50.0 Å². The van der Waals surface area contributed by atoms with Gasteiger partial charge in [-0.3, -0.25) is 0 Å². The SMILES string of the molecule is COC(=O)c1c(N)c(C#N)cn1-c1ccc(CCN2CCCC2)cc1. The fourth-order valence-electron chi connectivity index (χ4n) is 3.23. The number of methoxy groups -OCH3 is 1. The third-order valence-electron chi connectivity index (χ3n) is 4.67. The molecule has 1 aliphatic rings. The molecule has 1 aromatic heterocycles. The second-order valence-electron chi connectivity index (χ2n) is 6.24. The van der Waals surface area contributed by atoms with E-state index >= 15 is 0 Å². The Morgan fingerprint density at radius 2 is 1.96 bits per heavy atom. The number of aromatic nitrogens is 1. The smallest absolute Gasteiger partial charge is 0.357 e. The number of rotatable bonds is 5. The molecule has 6 heteroatoms. The average Bonchev–Trinajstić information content (AvgIpc) is 3.27. The zero-order chi connectivity index (χ0) is 17.8. The number of hydrogen-bond donors (Lipinski definition) is 1. The van der Waals surface area contributed by atoms with Crippen LogP contribution in [0.1, 0.15) is 34.5 Å². The number of nitriles is 1. The molecule has 0 bridgehead atoms. The van der Waals surface area contributed by atoms with Crippen molar-refractivity contribution in [1.82, 2.24) is 9.47 Å². The van der Waals surface area contributed by atoms with Crippen molar-refractivity contribution >= 4 is 11.7 Å². The van der Waals surface area contributed by atoms with Crippen molar-refractivity contribution in [3.05, 3.63) is 47.3 Å². The molecule has 2 heterocycles. The van der Waals surface area contributed by atoms with Crippen LogP contribution in [-0.2, 0) is 11.2 Å². The molecule has 1 aliphatic heterocycles. The van der Waals surface area contributed by atoms with Gasteiger partial charge in [0.2, 0.25) is 0 Å². The summed E-state index contributed by atoms with van der Waals surface area (Å²) in [6.45, 7) is 3.46. The molecule has 1 saturated heterocycles. The number of nitrogens with zero attached hydrogens (tertiary/aromatic N) is 3. The van der Waals surface area contributed by atoms with E-state index in [0.29, 0.717) is 0 Å². The number of anilines is 1. The van der Waals surface area contributed by atoms with Gasteiger partial charge in [0.1, 0.15) is 6.07 Å². The van der Waals surface area contributed by atoms with Gasteiger partial charge >= 0.3 is 5.97 Å². The van der Waals surface area contributed by atoms with Crippen LogP contribution in [0.3, 0.4) is 0 Å². The largest absolute Gasteiger partial charge is 0.464 e. The molecule has 0 unspecified atom stereocenters. The first-order chi connectivity index (χ1) is 12.1. The highest BCUT2D eigenvalue weighted by Crippen LogP contribution is 2.25. The molecule has 1 aromatic carbocycles. The van der Waals surface area contributed by atoms with Crippen LogP contribution in [0.5, 0.6) is 0 Å². The predicted octanol–water partition coefficient (Wildman–Crippen LogP) is 2.36. The van der Waals surface area contributed by atoms with Gasteiger partial charge in [0.05, 0.1) is 18.4 Å². The van der Waals surface area contributed by atoms with E-state index in [2.05, 4.69) is 17.0 Å². The van der Waals surface area contributed by atoms with Gasteiger partial charge < -0.3 is 19.9 Å². The lowest BCUT2D eigenvalue weighted by atomic mass is 10.1. The molecule has 3 rings (SSSR count). The number of benzene rings is 1. The summed E-state index contributed by atoms with van der Waals surface area (Å²) in [6, 6.07) is 9.98. The van der Waals surface area contributed by atoms with Crippen molar-refractivity contribution in [2.45, 2.75) is 19.3 Å². The first-order valence-corrected chi connectivity index (χ1v) is 8.45. The fraction of sp³-hybridized carbons (Fsp3) is 0.368. The van der Waals surface area contributed by atoms with Crippen LogP contribution in [-0.4, -0.2) is 42.2 Å². The maximum absolute atomic E-state index is 12.0. The first-order valence-electron chi connectivity index (χ1n) is 8.45. The van der Waals surface area contributed by atoms with Crippen LogP contribution in [0, 0.1) is 11.3 Å². The van der Waals surface area contributed by atoms with E-state index in [-0.39, 0.29) is 16.9 Å². The maximum Gasteiger partial charge on any atom is 0.357 e. The van der Waals surface area contributed by atoms with E-state index in [4.69, 9.17) is 10.5 Å². The molecule has 0 amide bonds. The predicted molar refractivity (Wildman–Crippen MR) is 95.6 cm³/mol. The quantitative estimate of drug-likeness (QED) is 0.846. The Balaban J connectivity index is 1.82. The van der Waals surface area contributed by atoms with Gasteiger partial charge in [-0.2, -0.15) is 5.26 Å². The Morgan fingerprint density at radius 3 is 2.56 bits per heavy atom. The van der Waals surface area contributed by atoms with Gasteiger partial charge in [-0.1, -0.05) is 12.1 Å². The monoisotopic (exact) mass is 338 g/mol. The van der Waals surface area contributed by atoms with Gasteiger partial charge in [0, 0.05) is 18.4 Å². The number of carbonyl (C=O) groups is 1. The normalized spacial score (nSPS) is 14.4. The molecular weight excluding hydrogens is 316 g/mol. The third-order valence-corrected chi connectivity index (χ3v) is 4.67. The molecule has 0 saturated carbocycles. The molecule has 6 nitrogen and oxygen atoms in total. The van der Waals surface area contributed by atoms with Crippen molar-refractivity contribution in [2.75, 3.05) is 32.5 Å². The number of hydrogen-bond acceptors (Lipinski definition) is 5. The Kier molecular flexibility index (Phi) is 5.05. The number of esters is 1. The highest BCUT2D eigenvalue weighted by molar-refractivity contribution is 5.95. The van der Waals surface area contributed by atoms with E-state index in [1.54, 1.807) is 10.8 Å². The molecule has 2 N–H and O–H groups in total. The van der Waals surface area contributed by atoms with Crippen molar-refractivity contribution in [3.63, 3.8) is 0 Å². The standard InChI is InChI=1S/C19H22N4O2/c1-25-19(24)18-17(21)15(12-20)13-23(18)16-6-4-14(5-7-16)8-11-22-9-2-3-10-22/h4-7,13H,2-3,8-11,21H2,1H3. The topological polar surface area (TPSA) is 84.3 Å². The Labute approximate surface area is 147 Å². The van der Waals surface area contributed by atoms with Crippen molar-refractivity contribution < 1.29 is 9.53 Å². The molecule has 0 spiro atoms. The second kappa shape index (κ2) is 7.41. The van der Waals surface area contributed by atoms with Crippen molar-refractivity contribution in [2.24, 2.45) is 0 Å². The molecule has 0 radical (unpaired) electrons. The Hall–Kier alpha value is -2.78. The number of likely N-dealkylation sites (tertiary alicyclic amines) is 1. The molecule has 2 aromatic rings. The lowest BCUT2D eigenvalue weighted by molar-refractivity contribution is 0.0593. The summed E-state index contributed by atoms with van der Waals surface area (Å²) in [4.78, 5) is 14.5. The summed E-state index contributed by atoms with van der Waals surface area (Å²) < 4.78 is 6.42. The van der Waals surface area contributed by atoms with E-state index in [1.165, 1.54) is 38.6 Å². The summed E-state index contributed by atoms with van der Waals surface area (Å²) in [6.07, 6.45) is 5.17. The zero-order valence-electron chi connectivity index (χ0n) is 14.4. The van der Waals surface area contributed by atoms with E-state index in [0.717, 1.165) is 18.7 Å². The molecule has 0 aliphatic carbocycles. The minimum Gasteiger partial charge on any atom is -0.464 e. The summed E-state index contributed by atoms with van der Waals surface area (Å²) >= 11 is 0. The molecule has 130 valence electrons. The van der Waals surface area contributed by atoms with E-state index in [1.807, 2.05) is 18.2 Å². The zero-order valence-corrected chi connectivity index (χ0v) is 14.4. The van der Waals surface area contributed by atoms with Crippen LogP contribution in [0.2, 0.25) is 0 Å². The highest BCUT2D eigenvalue weighted by Gasteiger charge is 2.21. The number of nitrogen functional groups attached to an aromatic ring is 1. The van der Waals surface area contributed by atoms with Crippen LogP contribution in [0.25, 0.3) is 5.69 Å². The van der Waals surface area contributed by atoms with Gasteiger partial charge in [-0.15, -0.1) is 0 Å². The van der Waals surface area contributed by atoms with Gasteiger partial charge in [-0.25, -0.2) is 4.79 Å². The van der Waals surface area contributed by atoms with Crippen molar-refractivity contribution in [1.29, 1.82) is 5.26 Å². The molecular formula is C19H22N4O2. The Bertz CT molecular complexity index is 796. The molecule has 25 heavy (non-hydrogen) atoms. The summed E-state index contributed by atoms with van der Waals surface area (Å²) in [5, 5.41) is 9.18. The minimum atomic E-state index is -0.558. The second-order valence-corrected chi connectivity index (χ2v) is 6.24. The first kappa shape index (κ1) is 17.1. The van der Waals surface area contributed by atoms with E-state index < -0.39 is 5.97 Å². The number of ether oxygens (including phenoxy) is 1. The average molecular weight is 338 g/mol. The molecule has 1 fully saturated rings. The fourth-order valence-corrected chi connectivity index (χ4v) is 3.23. The lowest BCUT2D eigenvalue weighted by Crippen LogP contribution is -2.21.